The second-order valence-corrected chi connectivity index (χ2v) is 6.99. The Morgan fingerprint density at radius 2 is 1.42 bits per heavy atom. The minimum atomic E-state index is -0.219. The largest absolute Gasteiger partial charge is 0.754 e. The summed E-state index contributed by atoms with van der Waals surface area (Å²) >= 11 is 0. The van der Waals surface area contributed by atoms with Crippen LogP contribution in [0.25, 0.3) is 0 Å². The molecule has 6 heteroatoms. The van der Waals surface area contributed by atoms with Crippen molar-refractivity contribution in [1.29, 1.82) is 0 Å². The average molecular weight is 348 g/mol. The van der Waals surface area contributed by atoms with Crippen LogP contribution >= 0.6 is 0 Å². The number of hydrogen-bond acceptors (Lipinski definition) is 5. The molecular weight excluding hydrogens is 328 g/mol. The molecule has 3 rings (SSSR count). The van der Waals surface area contributed by atoms with Crippen LogP contribution in [0.5, 0.6) is 0 Å². The van der Waals surface area contributed by atoms with E-state index in [1.807, 2.05) is 32.9 Å². The van der Waals surface area contributed by atoms with Crippen molar-refractivity contribution < 1.29 is 0 Å². The quantitative estimate of drug-likeness (QED) is 0.489. The molecule has 0 amide bonds. The van der Waals surface area contributed by atoms with Crippen molar-refractivity contribution in [1.82, 2.24) is 14.7 Å². The Labute approximate surface area is 152 Å². The number of hydrogen-bond donors (Lipinski definition) is 0. The van der Waals surface area contributed by atoms with E-state index in [9.17, 15) is 10.1 Å². The Kier molecular flexibility index (Phi) is 4.77. The maximum absolute atomic E-state index is 12.8. The smallest absolute Gasteiger partial charge is 0.266 e. The molecule has 0 radical (unpaired) electrons. The predicted octanol–water partition coefficient (Wildman–Crippen LogP) is 5.01. The molecule has 0 fully saturated rings. The van der Waals surface area contributed by atoms with Crippen LogP contribution in [0.3, 0.4) is 0 Å². The van der Waals surface area contributed by atoms with Gasteiger partial charge < -0.3 is 10.3 Å². The molecule has 1 aromatic carbocycles. The first-order chi connectivity index (χ1) is 12.4. The fourth-order valence-electron chi connectivity index (χ4n) is 2.52. The van der Waals surface area contributed by atoms with E-state index in [2.05, 4.69) is 9.97 Å². The molecule has 6 nitrogen and oxygen atoms in total. The second-order valence-electron chi connectivity index (χ2n) is 6.99. The normalized spacial score (nSPS) is 11.2. The fourth-order valence-corrected chi connectivity index (χ4v) is 2.52. The molecule has 0 atom stereocenters. The summed E-state index contributed by atoms with van der Waals surface area (Å²) in [4.78, 5) is 20.7. The summed E-state index contributed by atoms with van der Waals surface area (Å²) < 4.78 is 0.806. The van der Waals surface area contributed by atoms with Gasteiger partial charge in [-0.2, -0.15) is 0 Å². The maximum atomic E-state index is 12.8. The number of nitroso groups, excluding NO2 is 1. The Morgan fingerprint density at radius 3 is 2.00 bits per heavy atom. The Balaban J connectivity index is 2.09. The van der Waals surface area contributed by atoms with Gasteiger partial charge in [0.25, 0.3) is 11.4 Å². The van der Waals surface area contributed by atoms with Gasteiger partial charge in [-0.1, -0.05) is 20.8 Å². The number of aromatic nitrogens is 2. The van der Waals surface area contributed by atoms with E-state index in [0.29, 0.717) is 22.7 Å². The Hall–Kier alpha value is -3.12. The number of rotatable bonds is 4. The van der Waals surface area contributed by atoms with Crippen molar-refractivity contribution >= 4 is 22.7 Å². The lowest BCUT2D eigenvalue weighted by molar-refractivity contribution is 0.590. The maximum Gasteiger partial charge on any atom is 0.266 e. The van der Waals surface area contributed by atoms with Crippen LogP contribution in [0.1, 0.15) is 26.3 Å². The van der Waals surface area contributed by atoms with Crippen molar-refractivity contribution in [2.75, 3.05) is 5.06 Å². The molecule has 0 saturated carbocycles. The molecule has 0 saturated heterocycles. The summed E-state index contributed by atoms with van der Waals surface area (Å²) in [5.41, 5.74) is 2.39. The monoisotopic (exact) mass is 348 g/mol. The third kappa shape index (κ3) is 3.75. The van der Waals surface area contributed by atoms with Crippen molar-refractivity contribution in [2.45, 2.75) is 26.2 Å². The molecule has 26 heavy (non-hydrogen) atoms. The molecule has 0 unspecified atom stereocenters. The van der Waals surface area contributed by atoms with Gasteiger partial charge in [0.05, 0.1) is 4.76 Å². The van der Waals surface area contributed by atoms with Crippen LogP contribution in [0.4, 0.5) is 22.7 Å². The molecule has 0 spiro atoms. The van der Waals surface area contributed by atoms with E-state index >= 15 is 0 Å². The first kappa shape index (κ1) is 17.7. The zero-order valence-electron chi connectivity index (χ0n) is 15.0. The van der Waals surface area contributed by atoms with Gasteiger partial charge in [-0.05, 0) is 29.2 Å². The molecule has 2 heterocycles. The van der Waals surface area contributed by atoms with Gasteiger partial charge in [0, 0.05) is 65.3 Å². The highest BCUT2D eigenvalue weighted by atomic mass is 16.5. The first-order valence-corrected chi connectivity index (χ1v) is 8.26. The minimum absolute atomic E-state index is 0.219. The number of pyridine rings is 2. The minimum Gasteiger partial charge on any atom is -0.754 e. The van der Waals surface area contributed by atoms with Crippen molar-refractivity contribution in [3.63, 3.8) is 0 Å². The molecular formula is C20H20N4O2. The molecule has 0 aliphatic carbocycles. The summed E-state index contributed by atoms with van der Waals surface area (Å²) in [6.45, 7) is 6.12. The lowest BCUT2D eigenvalue weighted by Crippen LogP contribution is -2.15. The second kappa shape index (κ2) is 7.01. The van der Waals surface area contributed by atoms with Crippen LogP contribution in [0.15, 0.2) is 67.3 Å². The Morgan fingerprint density at radius 1 is 0.846 bits per heavy atom. The highest BCUT2D eigenvalue weighted by molar-refractivity contribution is 5.69. The van der Waals surface area contributed by atoms with Crippen LogP contribution in [-0.4, -0.2) is 9.97 Å². The van der Waals surface area contributed by atoms with Crippen LogP contribution in [0, 0.1) is 10.1 Å². The summed E-state index contributed by atoms with van der Waals surface area (Å²) in [5.74, 6) is 0. The van der Waals surface area contributed by atoms with Crippen molar-refractivity contribution in [3.05, 3.63) is 82.9 Å². The van der Waals surface area contributed by atoms with Crippen LogP contribution in [-0.2, 0) is 5.41 Å². The molecule has 0 aliphatic rings. The van der Waals surface area contributed by atoms with Crippen molar-refractivity contribution in [2.24, 2.45) is 0 Å². The van der Waals surface area contributed by atoms with E-state index < -0.39 is 0 Å². The Bertz CT molecular complexity index is 906. The SMILES string of the molecule is CC(C)(C)c1cc(N([O-])c2ccncc2)cc([N+](=O)c2ccncc2)c1. The third-order valence-corrected chi connectivity index (χ3v) is 4.03. The summed E-state index contributed by atoms with van der Waals surface area (Å²) in [7, 11) is 0. The van der Waals surface area contributed by atoms with Crippen LogP contribution in [0.2, 0.25) is 0 Å². The standard InChI is InChI=1S/C20H20N4O2/c1-20(2,3)15-12-18(23(25)16-4-8-21-9-5-16)14-19(13-15)24(26)17-6-10-22-11-7-17/h4-14H,1-3H3. The average Bonchev–Trinajstić information content (AvgIpc) is 2.67. The molecule has 0 bridgehead atoms. The van der Waals surface area contributed by atoms with Crippen molar-refractivity contribution in [3.8, 4) is 0 Å². The fraction of sp³-hybridized carbons (Fsp3) is 0.200. The molecule has 0 N–H and O–H groups in total. The van der Waals surface area contributed by atoms with E-state index in [1.165, 1.54) is 0 Å². The summed E-state index contributed by atoms with van der Waals surface area (Å²) in [6.07, 6.45) is 6.24. The predicted molar refractivity (Wildman–Crippen MR) is 104 cm³/mol. The molecule has 3 aromatic rings. The highest BCUT2D eigenvalue weighted by Gasteiger charge is 2.23. The molecule has 132 valence electrons. The zero-order chi connectivity index (χ0) is 18.7. The summed E-state index contributed by atoms with van der Waals surface area (Å²) in [6, 6.07) is 11.8. The van der Waals surface area contributed by atoms with Gasteiger partial charge in [0.15, 0.2) is 0 Å². The van der Waals surface area contributed by atoms with Crippen LogP contribution < -0.4 is 9.82 Å². The van der Waals surface area contributed by atoms with Gasteiger partial charge in [0.1, 0.15) is 0 Å². The topological polar surface area (TPSA) is 72.2 Å². The molecule has 2 aromatic heterocycles. The van der Waals surface area contributed by atoms with E-state index in [0.717, 1.165) is 15.4 Å². The highest BCUT2D eigenvalue weighted by Crippen LogP contribution is 2.34. The van der Waals surface area contributed by atoms with Gasteiger partial charge in [-0.25, -0.2) is 0 Å². The molecule has 0 aliphatic heterocycles. The van der Waals surface area contributed by atoms with Gasteiger partial charge in [0.2, 0.25) is 0 Å². The number of anilines is 2. The van der Waals surface area contributed by atoms with Gasteiger partial charge in [-0.15, -0.1) is 0 Å². The number of nitrogens with zero attached hydrogens (tertiary/aromatic N) is 4. The van der Waals surface area contributed by atoms with E-state index in [-0.39, 0.29) is 5.41 Å². The van der Waals surface area contributed by atoms with Gasteiger partial charge >= 0.3 is 0 Å². The van der Waals surface area contributed by atoms with E-state index in [4.69, 9.17) is 0 Å². The first-order valence-electron chi connectivity index (χ1n) is 8.26. The summed E-state index contributed by atoms with van der Waals surface area (Å²) in [5, 5.41) is 13.6. The lowest BCUT2D eigenvalue weighted by Gasteiger charge is -2.32. The third-order valence-electron chi connectivity index (χ3n) is 4.03. The van der Waals surface area contributed by atoms with E-state index in [1.54, 1.807) is 55.1 Å². The zero-order valence-corrected chi connectivity index (χ0v) is 15.0. The van der Waals surface area contributed by atoms with Gasteiger partial charge in [-0.3, -0.25) is 9.97 Å². The lowest BCUT2D eigenvalue weighted by atomic mass is 9.86. The number of benzene rings is 1.